The lowest BCUT2D eigenvalue weighted by Gasteiger charge is -2.28. The largest absolute Gasteiger partial charge is 0.480 e. The maximum Gasteiger partial charge on any atom is 0.326 e. The van der Waals surface area contributed by atoms with E-state index in [1.807, 2.05) is 30.3 Å². The number of carbonyl (C=O) groups is 4. The summed E-state index contributed by atoms with van der Waals surface area (Å²) in [5.41, 5.74) is 0.812. The highest BCUT2D eigenvalue weighted by Crippen LogP contribution is 2.22. The van der Waals surface area contributed by atoms with Crippen LogP contribution in [0.4, 0.5) is 0 Å². The zero-order valence-electron chi connectivity index (χ0n) is 16.4. The number of carboxylic acid groups (broad SMARTS) is 1. The Labute approximate surface area is 165 Å². The lowest BCUT2D eigenvalue weighted by molar-refractivity contribution is -0.144. The molecule has 1 aliphatic rings. The molecular formula is C21H28N2O5. The molecule has 0 aliphatic carbocycles. The molecule has 1 saturated heterocycles. The molecule has 1 fully saturated rings. The zero-order valence-corrected chi connectivity index (χ0v) is 16.4. The number of amides is 2. The Morgan fingerprint density at radius 1 is 1.21 bits per heavy atom. The van der Waals surface area contributed by atoms with E-state index in [1.54, 1.807) is 6.92 Å². The minimum absolute atomic E-state index is 0.0283. The second-order valence-electron chi connectivity index (χ2n) is 7.42. The smallest absolute Gasteiger partial charge is 0.326 e. The summed E-state index contributed by atoms with van der Waals surface area (Å²) in [7, 11) is 0. The highest BCUT2D eigenvalue weighted by molar-refractivity contribution is 5.91. The number of nitrogens with one attached hydrogen (secondary N) is 1. The van der Waals surface area contributed by atoms with Crippen molar-refractivity contribution >= 4 is 23.6 Å². The number of hydrogen-bond donors (Lipinski definition) is 2. The molecule has 0 bridgehead atoms. The lowest BCUT2D eigenvalue weighted by atomic mass is 10.0. The summed E-state index contributed by atoms with van der Waals surface area (Å²) >= 11 is 0. The van der Waals surface area contributed by atoms with Crippen LogP contribution in [0.2, 0.25) is 0 Å². The van der Waals surface area contributed by atoms with Crippen molar-refractivity contribution in [2.75, 3.05) is 6.54 Å². The van der Waals surface area contributed by atoms with Crippen molar-refractivity contribution in [3.63, 3.8) is 0 Å². The van der Waals surface area contributed by atoms with E-state index in [4.69, 9.17) is 0 Å². The van der Waals surface area contributed by atoms with E-state index in [2.05, 4.69) is 5.32 Å². The maximum absolute atomic E-state index is 12.7. The fourth-order valence-corrected chi connectivity index (χ4v) is 3.45. The summed E-state index contributed by atoms with van der Waals surface area (Å²) in [6, 6.07) is 7.38. The van der Waals surface area contributed by atoms with Gasteiger partial charge in [0.2, 0.25) is 11.8 Å². The maximum atomic E-state index is 12.7. The van der Waals surface area contributed by atoms with Crippen molar-refractivity contribution in [3.8, 4) is 0 Å². The molecular weight excluding hydrogens is 360 g/mol. The molecule has 2 N–H and O–H groups in total. The minimum Gasteiger partial charge on any atom is -0.480 e. The predicted molar refractivity (Wildman–Crippen MR) is 104 cm³/mol. The number of rotatable bonds is 9. The van der Waals surface area contributed by atoms with Gasteiger partial charge in [0, 0.05) is 25.3 Å². The van der Waals surface area contributed by atoms with Gasteiger partial charge in [-0.3, -0.25) is 9.59 Å². The van der Waals surface area contributed by atoms with Crippen LogP contribution in [0.3, 0.4) is 0 Å². The molecule has 7 heteroatoms. The van der Waals surface area contributed by atoms with Crippen LogP contribution < -0.4 is 5.32 Å². The van der Waals surface area contributed by atoms with Crippen molar-refractivity contribution < 1.29 is 24.3 Å². The van der Waals surface area contributed by atoms with E-state index in [-0.39, 0.29) is 24.0 Å². The van der Waals surface area contributed by atoms with Crippen molar-refractivity contribution in [2.24, 2.45) is 5.92 Å². The van der Waals surface area contributed by atoms with Crippen LogP contribution >= 0.6 is 0 Å². The second-order valence-corrected chi connectivity index (χ2v) is 7.42. The first-order valence-electron chi connectivity index (χ1n) is 9.66. The normalized spacial score (nSPS) is 18.4. The van der Waals surface area contributed by atoms with Gasteiger partial charge in [0.15, 0.2) is 0 Å². The van der Waals surface area contributed by atoms with Gasteiger partial charge in [0.25, 0.3) is 0 Å². The summed E-state index contributed by atoms with van der Waals surface area (Å²) in [5, 5.41) is 12.1. The van der Waals surface area contributed by atoms with Gasteiger partial charge in [-0.25, -0.2) is 4.79 Å². The molecule has 3 atom stereocenters. The number of Topliss-reactive ketones (excluding diaryl/α,β-unsaturated/α-hetero) is 1. The van der Waals surface area contributed by atoms with Gasteiger partial charge in [-0.15, -0.1) is 0 Å². The Bertz CT molecular complexity index is 719. The van der Waals surface area contributed by atoms with Crippen LogP contribution in [0.1, 0.15) is 45.1 Å². The summed E-state index contributed by atoms with van der Waals surface area (Å²) in [5.74, 6) is -2.03. The van der Waals surface area contributed by atoms with Crippen molar-refractivity contribution in [1.29, 1.82) is 0 Å². The van der Waals surface area contributed by atoms with E-state index in [0.717, 1.165) is 5.56 Å². The third-order valence-corrected chi connectivity index (χ3v) is 5.09. The predicted octanol–water partition coefficient (Wildman–Crippen LogP) is 1.79. The number of benzene rings is 1. The lowest BCUT2D eigenvalue weighted by Crippen LogP contribution is -2.52. The SMILES string of the molecule is CC(=O)CCC(C)C(=O)N1CCCC1C(=O)NC(Cc1ccccc1)C(=O)O. The van der Waals surface area contributed by atoms with Crippen LogP contribution in [-0.4, -0.2) is 52.2 Å². The minimum atomic E-state index is -1.11. The monoisotopic (exact) mass is 388 g/mol. The first-order chi connectivity index (χ1) is 13.3. The van der Waals surface area contributed by atoms with Crippen LogP contribution in [0.15, 0.2) is 30.3 Å². The molecule has 0 spiro atoms. The molecule has 28 heavy (non-hydrogen) atoms. The number of carbonyl (C=O) groups excluding carboxylic acids is 3. The molecule has 2 rings (SSSR count). The molecule has 0 saturated carbocycles. The molecule has 2 amide bonds. The number of nitrogens with zero attached hydrogens (tertiary/aromatic N) is 1. The Hall–Kier alpha value is -2.70. The van der Waals surface area contributed by atoms with Gasteiger partial charge < -0.3 is 20.1 Å². The summed E-state index contributed by atoms with van der Waals surface area (Å²) in [6.07, 6.45) is 2.16. The summed E-state index contributed by atoms with van der Waals surface area (Å²) in [6.45, 7) is 3.72. The Morgan fingerprint density at radius 2 is 1.89 bits per heavy atom. The van der Waals surface area contributed by atoms with E-state index in [0.29, 0.717) is 32.2 Å². The number of ketones is 1. The Morgan fingerprint density at radius 3 is 2.50 bits per heavy atom. The molecule has 0 radical (unpaired) electrons. The van der Waals surface area contributed by atoms with Crippen LogP contribution in [0, 0.1) is 5.92 Å². The molecule has 1 aromatic carbocycles. The van der Waals surface area contributed by atoms with E-state index in [9.17, 15) is 24.3 Å². The van der Waals surface area contributed by atoms with Gasteiger partial charge in [0.05, 0.1) is 0 Å². The van der Waals surface area contributed by atoms with Gasteiger partial charge in [0.1, 0.15) is 17.9 Å². The standard InChI is InChI=1S/C21H28N2O5/c1-14(10-11-15(2)24)20(26)23-12-6-9-18(23)19(25)22-17(21(27)28)13-16-7-4-3-5-8-16/h3-5,7-8,14,17-18H,6,9-13H2,1-2H3,(H,22,25)(H,27,28). The zero-order chi connectivity index (χ0) is 20.7. The van der Waals surface area contributed by atoms with Gasteiger partial charge in [-0.2, -0.15) is 0 Å². The van der Waals surface area contributed by atoms with Gasteiger partial charge >= 0.3 is 5.97 Å². The average Bonchev–Trinajstić information content (AvgIpc) is 3.15. The van der Waals surface area contributed by atoms with Crippen molar-refractivity contribution in [1.82, 2.24) is 10.2 Å². The Kier molecular flexibility index (Phi) is 7.72. The number of carboxylic acids is 1. The fourth-order valence-electron chi connectivity index (χ4n) is 3.45. The van der Waals surface area contributed by atoms with Crippen molar-refractivity contribution in [3.05, 3.63) is 35.9 Å². The van der Waals surface area contributed by atoms with Crippen LogP contribution in [0.5, 0.6) is 0 Å². The second kappa shape index (κ2) is 10.0. The number of likely N-dealkylation sites (tertiary alicyclic amines) is 1. The fraction of sp³-hybridized carbons (Fsp3) is 0.524. The quantitative estimate of drug-likeness (QED) is 0.671. The van der Waals surface area contributed by atoms with E-state index in [1.165, 1.54) is 11.8 Å². The van der Waals surface area contributed by atoms with Gasteiger partial charge in [-0.05, 0) is 31.7 Å². The highest BCUT2D eigenvalue weighted by atomic mass is 16.4. The first-order valence-corrected chi connectivity index (χ1v) is 9.66. The molecule has 7 nitrogen and oxygen atoms in total. The van der Waals surface area contributed by atoms with Gasteiger partial charge in [-0.1, -0.05) is 37.3 Å². The topological polar surface area (TPSA) is 104 Å². The molecule has 1 aliphatic heterocycles. The highest BCUT2D eigenvalue weighted by Gasteiger charge is 2.37. The first kappa shape index (κ1) is 21.6. The van der Waals surface area contributed by atoms with E-state index >= 15 is 0 Å². The summed E-state index contributed by atoms with van der Waals surface area (Å²) in [4.78, 5) is 49.7. The molecule has 3 unspecified atom stereocenters. The molecule has 1 aromatic rings. The van der Waals surface area contributed by atoms with Crippen molar-refractivity contribution in [2.45, 2.75) is 58.0 Å². The Balaban J connectivity index is 2.01. The van der Waals surface area contributed by atoms with Crippen LogP contribution in [-0.2, 0) is 25.6 Å². The van der Waals surface area contributed by atoms with E-state index < -0.39 is 24.0 Å². The number of aliphatic carboxylic acids is 1. The third kappa shape index (κ3) is 5.90. The third-order valence-electron chi connectivity index (χ3n) is 5.09. The number of hydrogen-bond acceptors (Lipinski definition) is 4. The molecule has 1 heterocycles. The average molecular weight is 388 g/mol. The molecule has 152 valence electrons. The van der Waals surface area contributed by atoms with Crippen LogP contribution in [0.25, 0.3) is 0 Å². The summed E-state index contributed by atoms with van der Waals surface area (Å²) < 4.78 is 0. The molecule has 0 aromatic heterocycles.